The molecule has 0 aliphatic heterocycles. The molecule has 7 heteroatoms. The van der Waals surface area contributed by atoms with E-state index in [0.29, 0.717) is 11.5 Å². The number of anilines is 1. The molecule has 4 nitrogen and oxygen atoms in total. The molecule has 0 aliphatic carbocycles. The van der Waals surface area contributed by atoms with Crippen LogP contribution in [0.15, 0.2) is 61.4 Å². The van der Waals surface area contributed by atoms with Crippen LogP contribution in [-0.4, -0.2) is 15.5 Å². The van der Waals surface area contributed by atoms with Gasteiger partial charge in [0, 0.05) is 23.5 Å². The molecular formula is C17H12F3N3O. The third-order valence-corrected chi connectivity index (χ3v) is 3.47. The lowest BCUT2D eigenvalue weighted by atomic mass is 10.2. The fraction of sp³-hybridized carbons (Fsp3) is 0.0588. The number of amides is 1. The number of pyridine rings is 1. The van der Waals surface area contributed by atoms with E-state index in [4.69, 9.17) is 0 Å². The predicted octanol–water partition coefficient (Wildman–Crippen LogP) is 4.17. The first-order valence-electron chi connectivity index (χ1n) is 6.96. The summed E-state index contributed by atoms with van der Waals surface area (Å²) in [5, 5.41) is 3.47. The topological polar surface area (TPSA) is 46.9 Å². The van der Waals surface area contributed by atoms with Crippen LogP contribution in [0.3, 0.4) is 0 Å². The zero-order chi connectivity index (χ0) is 17.3. The van der Waals surface area contributed by atoms with Gasteiger partial charge in [-0.25, -0.2) is 4.98 Å². The first-order valence-corrected chi connectivity index (χ1v) is 6.96. The van der Waals surface area contributed by atoms with Gasteiger partial charge in [0.2, 0.25) is 5.91 Å². The van der Waals surface area contributed by atoms with Crippen molar-refractivity contribution >= 4 is 22.5 Å². The molecule has 0 aliphatic rings. The van der Waals surface area contributed by atoms with Crippen molar-refractivity contribution in [3.05, 3.63) is 67.0 Å². The molecule has 3 aromatic rings. The van der Waals surface area contributed by atoms with Gasteiger partial charge < -0.3 is 9.88 Å². The van der Waals surface area contributed by atoms with E-state index in [1.165, 1.54) is 12.1 Å². The molecule has 1 aromatic carbocycles. The number of aromatic nitrogens is 2. The van der Waals surface area contributed by atoms with Gasteiger partial charge in [-0.3, -0.25) is 4.79 Å². The molecule has 0 atom stereocenters. The monoisotopic (exact) mass is 331 g/mol. The van der Waals surface area contributed by atoms with Crippen LogP contribution in [0.1, 0.15) is 5.56 Å². The Balaban J connectivity index is 1.96. The Hall–Kier alpha value is -3.09. The van der Waals surface area contributed by atoms with Crippen molar-refractivity contribution in [2.75, 3.05) is 5.32 Å². The minimum absolute atomic E-state index is 0.321. The number of fused-ring (bicyclic) bond motifs is 1. The lowest BCUT2D eigenvalue weighted by molar-refractivity contribution is -0.137. The van der Waals surface area contributed by atoms with Gasteiger partial charge in [0.15, 0.2) is 0 Å². The number of hydrogen-bond donors (Lipinski definition) is 1. The highest BCUT2D eigenvalue weighted by Crippen LogP contribution is 2.29. The second-order valence-corrected chi connectivity index (χ2v) is 5.06. The molecule has 0 unspecified atom stereocenters. The van der Waals surface area contributed by atoms with Crippen LogP contribution in [-0.2, 0) is 11.0 Å². The van der Waals surface area contributed by atoms with Gasteiger partial charge in [0.05, 0.1) is 11.1 Å². The lowest BCUT2D eigenvalue weighted by Gasteiger charge is -2.09. The van der Waals surface area contributed by atoms with E-state index in [1.54, 1.807) is 35.0 Å². The quantitative estimate of drug-likeness (QED) is 0.732. The minimum Gasteiger partial charge on any atom is -0.323 e. The van der Waals surface area contributed by atoms with Gasteiger partial charge in [-0.05, 0) is 42.5 Å². The molecule has 2 aromatic heterocycles. The van der Waals surface area contributed by atoms with Crippen LogP contribution >= 0.6 is 0 Å². The van der Waals surface area contributed by atoms with Crippen molar-refractivity contribution in [3.8, 4) is 5.82 Å². The van der Waals surface area contributed by atoms with Crippen molar-refractivity contribution in [1.82, 2.24) is 9.55 Å². The second-order valence-electron chi connectivity index (χ2n) is 5.06. The molecule has 0 spiro atoms. The summed E-state index contributed by atoms with van der Waals surface area (Å²) in [4.78, 5) is 15.2. The Kier molecular flexibility index (Phi) is 3.84. The van der Waals surface area contributed by atoms with Gasteiger partial charge >= 0.3 is 6.18 Å². The Labute approximate surface area is 135 Å². The van der Waals surface area contributed by atoms with Crippen LogP contribution in [0.5, 0.6) is 0 Å². The molecule has 0 saturated heterocycles. The van der Waals surface area contributed by atoms with Gasteiger partial charge in [-0.15, -0.1) is 0 Å². The summed E-state index contributed by atoms with van der Waals surface area (Å²) >= 11 is 0. The average molecular weight is 331 g/mol. The minimum atomic E-state index is -4.41. The third-order valence-electron chi connectivity index (χ3n) is 3.47. The molecule has 24 heavy (non-hydrogen) atoms. The van der Waals surface area contributed by atoms with E-state index < -0.39 is 11.7 Å². The molecule has 0 bridgehead atoms. The van der Waals surface area contributed by atoms with Crippen molar-refractivity contribution in [2.24, 2.45) is 0 Å². The van der Waals surface area contributed by atoms with Gasteiger partial charge in [-0.2, -0.15) is 13.2 Å². The summed E-state index contributed by atoms with van der Waals surface area (Å²) in [6, 6.07) is 9.32. The number of alkyl halides is 3. The largest absolute Gasteiger partial charge is 0.417 e. The smallest absolute Gasteiger partial charge is 0.323 e. The average Bonchev–Trinajstić information content (AvgIpc) is 2.97. The molecule has 2 heterocycles. The van der Waals surface area contributed by atoms with E-state index in [0.717, 1.165) is 23.2 Å². The van der Waals surface area contributed by atoms with Crippen molar-refractivity contribution in [1.29, 1.82) is 0 Å². The number of nitrogens with one attached hydrogen (secondary N) is 1. The molecule has 1 amide bonds. The summed E-state index contributed by atoms with van der Waals surface area (Å²) in [5.74, 6) is 0.0547. The van der Waals surface area contributed by atoms with Gasteiger partial charge in [-0.1, -0.05) is 6.58 Å². The fourth-order valence-corrected chi connectivity index (χ4v) is 2.31. The first-order chi connectivity index (χ1) is 11.4. The maximum Gasteiger partial charge on any atom is 0.417 e. The van der Waals surface area contributed by atoms with Crippen LogP contribution < -0.4 is 5.32 Å². The van der Waals surface area contributed by atoms with E-state index >= 15 is 0 Å². The second kappa shape index (κ2) is 5.84. The molecule has 0 fully saturated rings. The number of hydrogen-bond acceptors (Lipinski definition) is 2. The number of benzene rings is 1. The van der Waals surface area contributed by atoms with E-state index in [-0.39, 0.29) is 5.91 Å². The molecule has 0 saturated carbocycles. The standard InChI is InChI=1S/C17H12F3N3O/c1-2-16(24)22-13-4-5-14-11(9-13)7-8-23(14)15-6-3-12(10-21-15)17(18,19)20/h2-10H,1H2,(H,22,24). The maximum absolute atomic E-state index is 12.6. The zero-order valence-corrected chi connectivity index (χ0v) is 12.3. The lowest BCUT2D eigenvalue weighted by Crippen LogP contribution is -2.07. The van der Waals surface area contributed by atoms with Crippen molar-refractivity contribution < 1.29 is 18.0 Å². The Morgan fingerprint density at radius 1 is 1.21 bits per heavy atom. The molecule has 122 valence electrons. The zero-order valence-electron chi connectivity index (χ0n) is 12.3. The number of carbonyl (C=O) groups is 1. The maximum atomic E-state index is 12.6. The van der Waals surface area contributed by atoms with Crippen LogP contribution in [0.4, 0.5) is 18.9 Å². The number of rotatable bonds is 3. The van der Waals surface area contributed by atoms with Gasteiger partial charge in [0.25, 0.3) is 0 Å². The molecule has 1 N–H and O–H groups in total. The first kappa shape index (κ1) is 15.8. The van der Waals surface area contributed by atoms with Crippen LogP contribution in [0.25, 0.3) is 16.7 Å². The highest BCUT2D eigenvalue weighted by Gasteiger charge is 2.30. The number of nitrogens with zero attached hydrogens (tertiary/aromatic N) is 2. The highest BCUT2D eigenvalue weighted by atomic mass is 19.4. The Bertz CT molecular complexity index is 911. The van der Waals surface area contributed by atoms with Crippen LogP contribution in [0, 0.1) is 0 Å². The summed E-state index contributed by atoms with van der Waals surface area (Å²) < 4.78 is 39.5. The van der Waals surface area contributed by atoms with Crippen molar-refractivity contribution in [3.63, 3.8) is 0 Å². The highest BCUT2D eigenvalue weighted by molar-refractivity contribution is 6.00. The SMILES string of the molecule is C=CC(=O)Nc1ccc2c(ccn2-c2ccc(C(F)(F)F)cn2)c1. The number of halogens is 3. The normalized spacial score (nSPS) is 11.5. The van der Waals surface area contributed by atoms with E-state index in [1.807, 2.05) is 0 Å². The van der Waals surface area contributed by atoms with Crippen molar-refractivity contribution in [2.45, 2.75) is 6.18 Å². The van der Waals surface area contributed by atoms with Crippen LogP contribution in [0.2, 0.25) is 0 Å². The van der Waals surface area contributed by atoms with Gasteiger partial charge in [0.1, 0.15) is 5.82 Å². The molecule has 0 radical (unpaired) electrons. The summed E-state index contributed by atoms with van der Waals surface area (Å²) in [6.07, 6.45) is -0.733. The summed E-state index contributed by atoms with van der Waals surface area (Å²) in [7, 11) is 0. The van der Waals surface area contributed by atoms with E-state index in [9.17, 15) is 18.0 Å². The number of carbonyl (C=O) groups excluding carboxylic acids is 1. The summed E-state index contributed by atoms with van der Waals surface area (Å²) in [6.45, 7) is 3.38. The fourth-order valence-electron chi connectivity index (χ4n) is 2.31. The van der Waals surface area contributed by atoms with E-state index in [2.05, 4.69) is 16.9 Å². The predicted molar refractivity (Wildman–Crippen MR) is 84.9 cm³/mol. The Morgan fingerprint density at radius 3 is 2.62 bits per heavy atom. The molecular weight excluding hydrogens is 319 g/mol. The Morgan fingerprint density at radius 2 is 2.00 bits per heavy atom. The summed E-state index contributed by atoms with van der Waals surface area (Å²) in [5.41, 5.74) is 0.571. The third kappa shape index (κ3) is 3.01. The molecule has 3 rings (SSSR count).